The van der Waals surface area contributed by atoms with Crippen LogP contribution in [0.2, 0.25) is 0 Å². The van der Waals surface area contributed by atoms with Crippen LogP contribution >= 0.6 is 94.1 Å². The van der Waals surface area contributed by atoms with Gasteiger partial charge in [0.05, 0.1) is 37.1 Å². The molecule has 0 aromatic rings. The minimum atomic E-state index is -0.308. The van der Waals surface area contributed by atoms with Crippen LogP contribution < -0.4 is 0 Å². The van der Waals surface area contributed by atoms with E-state index in [0.717, 1.165) is 10.8 Å². The van der Waals surface area contributed by atoms with E-state index in [1.54, 1.807) is 11.8 Å². The standard InChI is InChI=1S/C19H34O10S8/c20-1-4-30-10-25-17(22)7-33-14-32-6-3-28-29-13-37-16-36-12-27-19(24)9-35-15-34-8-18(23)26-11-31-5-2-21/h20-21H,1-16H2. The second kappa shape index (κ2) is 31.6. The summed E-state index contributed by atoms with van der Waals surface area (Å²) in [6.07, 6.45) is 0. The fourth-order valence-electron chi connectivity index (χ4n) is 1.59. The zero-order valence-corrected chi connectivity index (χ0v) is 26.8. The van der Waals surface area contributed by atoms with Gasteiger partial charge in [-0.1, -0.05) is 0 Å². The second-order valence-corrected chi connectivity index (χ2v) is 15.1. The summed E-state index contributed by atoms with van der Waals surface area (Å²) < 4.78 is 15.1. The number of esters is 3. The van der Waals surface area contributed by atoms with Gasteiger partial charge in [-0.05, 0) is 0 Å². The van der Waals surface area contributed by atoms with Gasteiger partial charge in [0.15, 0.2) is 0 Å². The molecular formula is C19H34O10S8. The smallest absolute Gasteiger partial charge is 0.316 e. The molecule has 0 heterocycles. The predicted octanol–water partition coefficient (Wildman–Crippen LogP) is 3.12. The number of aliphatic hydroxyl groups is 2. The Morgan fingerprint density at radius 1 is 0.486 bits per heavy atom. The highest BCUT2D eigenvalue weighted by atomic mass is 32.2. The molecule has 0 aliphatic carbocycles. The quantitative estimate of drug-likeness (QED) is 0.0313. The van der Waals surface area contributed by atoms with Crippen LogP contribution in [-0.2, 0) is 38.4 Å². The summed E-state index contributed by atoms with van der Waals surface area (Å²) in [6, 6.07) is 0. The van der Waals surface area contributed by atoms with Crippen molar-refractivity contribution in [2.24, 2.45) is 0 Å². The molecule has 0 amide bonds. The molecule has 218 valence electrons. The Bertz CT molecular complexity index is 565. The van der Waals surface area contributed by atoms with Crippen molar-refractivity contribution >= 4 is 112 Å². The molecule has 0 radical (unpaired) electrons. The molecule has 0 fully saturated rings. The first-order valence-corrected chi connectivity index (χ1v) is 19.9. The van der Waals surface area contributed by atoms with Gasteiger partial charge < -0.3 is 24.4 Å². The minimum Gasteiger partial charge on any atom is -0.454 e. The van der Waals surface area contributed by atoms with Crippen molar-refractivity contribution in [1.82, 2.24) is 0 Å². The van der Waals surface area contributed by atoms with Gasteiger partial charge in [-0.2, -0.15) is 0 Å². The van der Waals surface area contributed by atoms with Crippen molar-refractivity contribution < 1.29 is 48.6 Å². The molecule has 0 spiro atoms. The number of thioether (sulfide) groups is 8. The van der Waals surface area contributed by atoms with Gasteiger partial charge in [-0.15, -0.1) is 94.1 Å². The fraction of sp³-hybridized carbons (Fsp3) is 0.842. The van der Waals surface area contributed by atoms with Gasteiger partial charge >= 0.3 is 17.9 Å². The molecule has 0 rings (SSSR count). The van der Waals surface area contributed by atoms with Crippen LogP contribution in [0.1, 0.15) is 0 Å². The summed E-state index contributed by atoms with van der Waals surface area (Å²) in [6.45, 7) is 0.578. The van der Waals surface area contributed by atoms with Crippen molar-refractivity contribution in [1.29, 1.82) is 0 Å². The zero-order valence-electron chi connectivity index (χ0n) is 20.2. The molecule has 0 saturated heterocycles. The van der Waals surface area contributed by atoms with E-state index in [4.69, 9.17) is 34.2 Å². The second-order valence-electron chi connectivity index (χ2n) is 5.94. The number of hydrogen-bond donors (Lipinski definition) is 2. The summed E-state index contributed by atoms with van der Waals surface area (Å²) in [4.78, 5) is 44.7. The number of ether oxygens (including phenoxy) is 3. The molecule has 10 nitrogen and oxygen atoms in total. The van der Waals surface area contributed by atoms with Gasteiger partial charge in [-0.25, -0.2) is 9.78 Å². The molecule has 2 N–H and O–H groups in total. The average Bonchev–Trinajstić information content (AvgIpc) is 2.89. The van der Waals surface area contributed by atoms with E-state index >= 15 is 0 Å². The maximum Gasteiger partial charge on any atom is 0.316 e. The van der Waals surface area contributed by atoms with Crippen molar-refractivity contribution in [3.05, 3.63) is 0 Å². The Balaban J connectivity index is 3.27. The third-order valence-corrected chi connectivity index (χ3v) is 10.9. The number of hydrogen-bond acceptors (Lipinski definition) is 18. The minimum absolute atomic E-state index is 0.0584. The van der Waals surface area contributed by atoms with E-state index in [1.165, 1.54) is 82.3 Å². The Morgan fingerprint density at radius 3 is 1.43 bits per heavy atom. The van der Waals surface area contributed by atoms with Gasteiger partial charge in [0.1, 0.15) is 23.8 Å². The van der Waals surface area contributed by atoms with E-state index in [2.05, 4.69) is 0 Å². The lowest BCUT2D eigenvalue weighted by Crippen LogP contribution is -2.09. The van der Waals surface area contributed by atoms with Crippen LogP contribution in [-0.4, -0.2) is 121 Å². The predicted molar refractivity (Wildman–Crippen MR) is 163 cm³/mol. The Morgan fingerprint density at radius 2 is 0.919 bits per heavy atom. The lowest BCUT2D eigenvalue weighted by Gasteiger charge is -2.06. The first-order chi connectivity index (χ1) is 18.1. The number of rotatable bonds is 28. The van der Waals surface area contributed by atoms with E-state index in [1.807, 2.05) is 0 Å². The Labute approximate surface area is 252 Å². The van der Waals surface area contributed by atoms with Gasteiger partial charge in [0.25, 0.3) is 0 Å². The van der Waals surface area contributed by atoms with Crippen LogP contribution in [0.3, 0.4) is 0 Å². The molecule has 0 aromatic carbocycles. The van der Waals surface area contributed by atoms with E-state index in [0.29, 0.717) is 40.0 Å². The monoisotopic (exact) mass is 678 g/mol. The summed E-state index contributed by atoms with van der Waals surface area (Å²) >= 11 is 11.6. The molecule has 0 bridgehead atoms. The highest BCUT2D eigenvalue weighted by Crippen LogP contribution is 2.16. The normalized spacial score (nSPS) is 10.9. The van der Waals surface area contributed by atoms with Gasteiger partial charge in [0.2, 0.25) is 0 Å². The summed E-state index contributed by atoms with van der Waals surface area (Å²) in [7, 11) is 0. The molecule has 0 aromatic heterocycles. The molecule has 0 aliphatic rings. The van der Waals surface area contributed by atoms with Crippen LogP contribution in [0, 0.1) is 0 Å². The largest absolute Gasteiger partial charge is 0.454 e. The van der Waals surface area contributed by atoms with Crippen molar-refractivity contribution in [3.8, 4) is 0 Å². The maximum atomic E-state index is 11.7. The van der Waals surface area contributed by atoms with Crippen LogP contribution in [0.4, 0.5) is 0 Å². The van der Waals surface area contributed by atoms with Gasteiger partial charge in [0, 0.05) is 32.5 Å². The molecule has 0 atom stereocenters. The fourth-order valence-corrected chi connectivity index (χ4v) is 7.23. The van der Waals surface area contributed by atoms with E-state index in [9.17, 15) is 14.4 Å². The lowest BCUT2D eigenvalue weighted by atomic mass is 10.8. The van der Waals surface area contributed by atoms with Crippen LogP contribution in [0.15, 0.2) is 0 Å². The van der Waals surface area contributed by atoms with Crippen molar-refractivity contribution in [2.75, 3.05) is 93.3 Å². The first kappa shape index (κ1) is 38.0. The lowest BCUT2D eigenvalue weighted by molar-refractivity contribution is -0.274. The third-order valence-electron chi connectivity index (χ3n) is 3.07. The molecule has 0 unspecified atom stereocenters. The van der Waals surface area contributed by atoms with E-state index < -0.39 is 0 Å². The summed E-state index contributed by atoms with van der Waals surface area (Å²) in [5.41, 5.74) is 0. The Kier molecular flexibility index (Phi) is 32.5. The van der Waals surface area contributed by atoms with Crippen LogP contribution in [0.25, 0.3) is 0 Å². The summed E-state index contributed by atoms with van der Waals surface area (Å²) in [5.74, 6) is 2.88. The van der Waals surface area contributed by atoms with E-state index in [-0.39, 0.29) is 60.4 Å². The Hall–Kier alpha value is 1.05. The molecule has 0 saturated carbocycles. The highest BCUT2D eigenvalue weighted by Gasteiger charge is 2.06. The van der Waals surface area contributed by atoms with Crippen molar-refractivity contribution in [2.45, 2.75) is 0 Å². The average molecular weight is 679 g/mol. The number of carbonyl (C=O) groups excluding carboxylic acids is 3. The molecule has 18 heteroatoms. The third kappa shape index (κ3) is 31.4. The molecule has 37 heavy (non-hydrogen) atoms. The number of aliphatic hydroxyl groups excluding tert-OH is 2. The van der Waals surface area contributed by atoms with Crippen molar-refractivity contribution in [3.63, 3.8) is 0 Å². The zero-order chi connectivity index (χ0) is 27.2. The topological polar surface area (TPSA) is 138 Å². The SMILES string of the molecule is O=C(CSCSCCOOCSCSCOC(=O)CSCSCC(=O)OCSCCO)OCSCCO. The van der Waals surface area contributed by atoms with Gasteiger partial charge in [-0.3, -0.25) is 14.4 Å². The highest BCUT2D eigenvalue weighted by molar-refractivity contribution is 8.17. The summed E-state index contributed by atoms with van der Waals surface area (Å²) in [5, 5.41) is 19.3. The van der Waals surface area contributed by atoms with Crippen LogP contribution in [0.5, 0.6) is 0 Å². The number of carbonyl (C=O) groups is 3. The first-order valence-electron chi connectivity index (χ1n) is 10.6. The molecule has 0 aliphatic heterocycles. The maximum absolute atomic E-state index is 11.7. The molecular weight excluding hydrogens is 645 g/mol.